The van der Waals surface area contributed by atoms with Crippen LogP contribution < -0.4 is 4.74 Å². The molecule has 176 valence electrons. The summed E-state index contributed by atoms with van der Waals surface area (Å²) in [7, 11) is 0. The number of halogens is 3. The first-order valence-corrected chi connectivity index (χ1v) is 10.7. The van der Waals surface area contributed by atoms with Crippen LogP contribution in [-0.2, 0) is 23.8 Å². The van der Waals surface area contributed by atoms with E-state index in [2.05, 4.69) is 4.98 Å². The van der Waals surface area contributed by atoms with E-state index in [1.807, 2.05) is 37.3 Å². The van der Waals surface area contributed by atoms with Crippen molar-refractivity contribution in [2.24, 2.45) is 0 Å². The number of nitrogens with zero attached hydrogens (tertiary/aromatic N) is 1. The van der Waals surface area contributed by atoms with Crippen LogP contribution in [-0.4, -0.2) is 22.7 Å². The zero-order valence-electron chi connectivity index (χ0n) is 18.4. The van der Waals surface area contributed by atoms with Gasteiger partial charge in [0.2, 0.25) is 5.89 Å². The van der Waals surface area contributed by atoms with Crippen molar-refractivity contribution in [2.75, 3.05) is 6.61 Å². The molecule has 0 aliphatic heterocycles. The monoisotopic (exact) mass is 469 g/mol. The van der Waals surface area contributed by atoms with E-state index in [0.717, 1.165) is 28.8 Å². The number of aryl methyl sites for hydroxylation is 2. The molecular weight excluding hydrogens is 447 g/mol. The van der Waals surface area contributed by atoms with E-state index in [-0.39, 0.29) is 12.3 Å². The van der Waals surface area contributed by atoms with Gasteiger partial charge in [0.1, 0.15) is 11.3 Å². The van der Waals surface area contributed by atoms with Crippen molar-refractivity contribution in [3.63, 3.8) is 0 Å². The van der Waals surface area contributed by atoms with Gasteiger partial charge in [-0.2, -0.15) is 13.2 Å². The Morgan fingerprint density at radius 1 is 1.03 bits per heavy atom. The summed E-state index contributed by atoms with van der Waals surface area (Å²) < 4.78 is 50.2. The number of para-hydroxylation sites is 1. The summed E-state index contributed by atoms with van der Waals surface area (Å²) in [6.07, 6.45) is -3.31. The second-order valence-electron chi connectivity index (χ2n) is 7.94. The lowest BCUT2D eigenvalue weighted by molar-refractivity contribution is -0.138. The number of hydrogen-bond acceptors (Lipinski definition) is 4. The molecule has 0 amide bonds. The fraction of sp³-hybridized carbons (Fsp3) is 0.231. The number of carboxylic acids is 1. The van der Waals surface area contributed by atoms with Gasteiger partial charge in [-0.25, -0.2) is 4.98 Å². The molecule has 0 radical (unpaired) electrons. The topological polar surface area (TPSA) is 72.6 Å². The number of ether oxygens (including phenoxy) is 1. The molecule has 5 nitrogen and oxygen atoms in total. The predicted molar refractivity (Wildman–Crippen MR) is 121 cm³/mol. The molecule has 0 aliphatic rings. The maximum Gasteiger partial charge on any atom is 0.416 e. The quantitative estimate of drug-likeness (QED) is 0.321. The molecule has 0 fully saturated rings. The van der Waals surface area contributed by atoms with E-state index in [1.54, 1.807) is 6.07 Å². The molecule has 0 spiro atoms. The van der Waals surface area contributed by atoms with E-state index in [9.17, 15) is 18.0 Å². The third kappa shape index (κ3) is 5.39. The van der Waals surface area contributed by atoms with Crippen molar-refractivity contribution in [2.45, 2.75) is 32.4 Å². The van der Waals surface area contributed by atoms with Gasteiger partial charge in [0.25, 0.3) is 0 Å². The van der Waals surface area contributed by atoms with E-state index in [4.69, 9.17) is 14.3 Å². The highest BCUT2D eigenvalue weighted by Gasteiger charge is 2.30. The molecule has 4 rings (SSSR count). The van der Waals surface area contributed by atoms with Crippen LogP contribution in [0.1, 0.15) is 28.7 Å². The number of hydrogen-bond donors (Lipinski definition) is 1. The van der Waals surface area contributed by atoms with Gasteiger partial charge in [0.15, 0.2) is 5.58 Å². The van der Waals surface area contributed by atoms with E-state index in [0.29, 0.717) is 41.9 Å². The summed E-state index contributed by atoms with van der Waals surface area (Å²) in [6, 6.07) is 15.8. The molecule has 0 unspecified atom stereocenters. The number of benzene rings is 3. The van der Waals surface area contributed by atoms with Gasteiger partial charge in [-0.3, -0.25) is 4.79 Å². The van der Waals surface area contributed by atoms with Gasteiger partial charge in [-0.05, 0) is 66.9 Å². The number of fused-ring (bicyclic) bond motifs is 1. The molecule has 0 saturated heterocycles. The van der Waals surface area contributed by atoms with Crippen molar-refractivity contribution < 1.29 is 32.2 Å². The average molecular weight is 469 g/mol. The summed E-state index contributed by atoms with van der Waals surface area (Å²) in [6.45, 7) is 2.30. The van der Waals surface area contributed by atoms with Gasteiger partial charge < -0.3 is 14.3 Å². The smallest absolute Gasteiger partial charge is 0.416 e. The molecule has 3 aromatic carbocycles. The van der Waals surface area contributed by atoms with Crippen LogP contribution in [0.2, 0.25) is 0 Å². The molecule has 0 saturated carbocycles. The van der Waals surface area contributed by atoms with Crippen LogP contribution >= 0.6 is 0 Å². The second-order valence-corrected chi connectivity index (χ2v) is 7.94. The molecule has 1 aromatic heterocycles. The lowest BCUT2D eigenvalue weighted by Gasteiger charge is -2.10. The van der Waals surface area contributed by atoms with Crippen molar-refractivity contribution in [1.82, 2.24) is 4.98 Å². The fourth-order valence-electron chi connectivity index (χ4n) is 3.69. The average Bonchev–Trinajstić information content (AvgIpc) is 3.23. The SMILES string of the molecule is Cc1cc(OCCc2cccc3nc(-c4ccc(C(F)(F)F)cc4)oc23)ccc1CCC(=O)O. The summed E-state index contributed by atoms with van der Waals surface area (Å²) in [4.78, 5) is 15.2. The van der Waals surface area contributed by atoms with Crippen LogP contribution in [0.5, 0.6) is 5.75 Å². The molecule has 0 aliphatic carbocycles. The minimum Gasteiger partial charge on any atom is -0.493 e. The molecular formula is C26H22F3NO4. The normalized spacial score (nSPS) is 11.6. The number of aliphatic carboxylic acids is 1. The highest BCUT2D eigenvalue weighted by atomic mass is 19.4. The summed E-state index contributed by atoms with van der Waals surface area (Å²) in [5.41, 5.74) is 3.74. The van der Waals surface area contributed by atoms with Gasteiger partial charge >= 0.3 is 12.1 Å². The number of carboxylic acid groups (broad SMARTS) is 1. The Labute approximate surface area is 193 Å². The molecule has 0 atom stereocenters. The zero-order valence-corrected chi connectivity index (χ0v) is 18.4. The third-order valence-corrected chi connectivity index (χ3v) is 5.52. The Kier molecular flexibility index (Phi) is 6.58. The predicted octanol–water partition coefficient (Wildman–Crippen LogP) is 6.46. The van der Waals surface area contributed by atoms with Crippen LogP contribution in [0, 0.1) is 6.92 Å². The standard InChI is InChI=1S/C26H22F3NO4/c1-16-15-21(11-7-17(16)8-12-23(31)32)33-14-13-18-3-2-4-22-24(18)34-25(30-22)19-5-9-20(10-6-19)26(27,28)29/h2-7,9-11,15H,8,12-14H2,1H3,(H,31,32). The number of rotatable bonds is 8. The third-order valence-electron chi connectivity index (χ3n) is 5.52. The first-order valence-electron chi connectivity index (χ1n) is 10.7. The Morgan fingerprint density at radius 3 is 2.47 bits per heavy atom. The lowest BCUT2D eigenvalue weighted by Crippen LogP contribution is -2.03. The molecule has 0 bridgehead atoms. The van der Waals surface area contributed by atoms with E-state index >= 15 is 0 Å². The van der Waals surface area contributed by atoms with E-state index in [1.165, 1.54) is 12.1 Å². The van der Waals surface area contributed by atoms with Crippen molar-refractivity contribution >= 4 is 17.1 Å². The molecule has 34 heavy (non-hydrogen) atoms. The molecule has 1 heterocycles. The summed E-state index contributed by atoms with van der Waals surface area (Å²) in [5, 5.41) is 8.85. The molecule has 1 N–H and O–H groups in total. The second kappa shape index (κ2) is 9.59. The van der Waals surface area contributed by atoms with Crippen molar-refractivity contribution in [3.8, 4) is 17.2 Å². The summed E-state index contributed by atoms with van der Waals surface area (Å²) in [5.74, 6) is 0.110. The Morgan fingerprint density at radius 2 is 1.79 bits per heavy atom. The molecule has 8 heteroatoms. The van der Waals surface area contributed by atoms with E-state index < -0.39 is 17.7 Å². The summed E-state index contributed by atoms with van der Waals surface area (Å²) >= 11 is 0. The van der Waals surface area contributed by atoms with Crippen LogP contribution in [0.25, 0.3) is 22.6 Å². The maximum atomic E-state index is 12.8. The number of alkyl halides is 3. The van der Waals surface area contributed by atoms with Gasteiger partial charge in [-0.1, -0.05) is 18.2 Å². The van der Waals surface area contributed by atoms with Crippen LogP contribution in [0.3, 0.4) is 0 Å². The first kappa shape index (κ1) is 23.4. The lowest BCUT2D eigenvalue weighted by atomic mass is 10.0. The van der Waals surface area contributed by atoms with Crippen molar-refractivity contribution in [1.29, 1.82) is 0 Å². The minimum absolute atomic E-state index is 0.0801. The highest BCUT2D eigenvalue weighted by Crippen LogP contribution is 2.32. The van der Waals surface area contributed by atoms with Gasteiger partial charge in [0, 0.05) is 24.0 Å². The first-order chi connectivity index (χ1) is 16.2. The number of aromatic nitrogens is 1. The number of oxazole rings is 1. The highest BCUT2D eigenvalue weighted by molar-refractivity contribution is 5.79. The van der Waals surface area contributed by atoms with Gasteiger partial charge in [-0.15, -0.1) is 0 Å². The Hall–Kier alpha value is -3.81. The van der Waals surface area contributed by atoms with Crippen LogP contribution in [0.15, 0.2) is 65.1 Å². The van der Waals surface area contributed by atoms with Crippen LogP contribution in [0.4, 0.5) is 13.2 Å². The Bertz CT molecular complexity index is 1310. The minimum atomic E-state index is -4.40. The largest absolute Gasteiger partial charge is 0.493 e. The fourth-order valence-corrected chi connectivity index (χ4v) is 3.69. The molecule has 4 aromatic rings. The Balaban J connectivity index is 1.44. The van der Waals surface area contributed by atoms with Crippen molar-refractivity contribution in [3.05, 3.63) is 82.9 Å². The van der Waals surface area contributed by atoms with Gasteiger partial charge in [0.05, 0.1) is 12.2 Å². The number of carbonyl (C=O) groups is 1. The zero-order chi connectivity index (χ0) is 24.3. The maximum absolute atomic E-state index is 12.8.